The van der Waals surface area contributed by atoms with Gasteiger partial charge in [0.15, 0.2) is 0 Å². The maximum absolute atomic E-state index is 11.5. The molecule has 0 aliphatic carbocycles. The van der Waals surface area contributed by atoms with E-state index in [1.807, 2.05) is 6.07 Å². The first-order chi connectivity index (χ1) is 7.69. The summed E-state index contributed by atoms with van der Waals surface area (Å²) in [6.45, 7) is 5.21. The molecule has 0 fully saturated rings. The van der Waals surface area contributed by atoms with Gasteiger partial charge in [-0.3, -0.25) is 0 Å². The fraction of sp³-hybridized carbons (Fsp3) is 0.417. The van der Waals surface area contributed by atoms with Crippen LogP contribution in [0.3, 0.4) is 0 Å². The first kappa shape index (κ1) is 13.0. The van der Waals surface area contributed by atoms with Gasteiger partial charge in [0, 0.05) is 16.7 Å². The van der Waals surface area contributed by atoms with E-state index >= 15 is 0 Å². The van der Waals surface area contributed by atoms with Crippen LogP contribution in [0.5, 0.6) is 0 Å². The molecule has 0 aromatic heterocycles. The van der Waals surface area contributed by atoms with Crippen molar-refractivity contribution in [1.82, 2.24) is 0 Å². The number of esters is 1. The van der Waals surface area contributed by atoms with Gasteiger partial charge >= 0.3 is 5.97 Å². The van der Waals surface area contributed by atoms with Crippen LogP contribution >= 0.6 is 15.9 Å². The molecule has 1 rings (SSSR count). The lowest BCUT2D eigenvalue weighted by Crippen LogP contribution is -2.06. The van der Waals surface area contributed by atoms with E-state index < -0.39 is 0 Å². The average Bonchev–Trinajstić information content (AvgIpc) is 2.27. The van der Waals surface area contributed by atoms with Gasteiger partial charge in [0.05, 0.1) is 12.2 Å². The first-order valence-electron chi connectivity index (χ1n) is 5.39. The van der Waals surface area contributed by atoms with Crippen LogP contribution in [0.4, 0.5) is 5.69 Å². The molecule has 0 radical (unpaired) electrons. The van der Waals surface area contributed by atoms with E-state index in [2.05, 4.69) is 28.2 Å². The first-order valence-corrected chi connectivity index (χ1v) is 6.18. The van der Waals surface area contributed by atoms with Crippen LogP contribution in [0.15, 0.2) is 22.7 Å². The van der Waals surface area contributed by atoms with Crippen molar-refractivity contribution < 1.29 is 9.53 Å². The predicted molar refractivity (Wildman–Crippen MR) is 68.9 cm³/mol. The molecule has 0 saturated carbocycles. The van der Waals surface area contributed by atoms with Gasteiger partial charge in [0.1, 0.15) is 0 Å². The summed E-state index contributed by atoms with van der Waals surface area (Å²) in [5.74, 6) is -0.287. The van der Waals surface area contributed by atoms with Crippen LogP contribution in [0.1, 0.15) is 30.6 Å². The van der Waals surface area contributed by atoms with Crippen molar-refractivity contribution >= 4 is 27.6 Å². The topological polar surface area (TPSA) is 38.3 Å². The van der Waals surface area contributed by atoms with Gasteiger partial charge in [-0.15, -0.1) is 0 Å². The Labute approximate surface area is 104 Å². The minimum Gasteiger partial charge on any atom is -0.462 e. The van der Waals surface area contributed by atoms with Crippen molar-refractivity contribution in [3.05, 3.63) is 28.2 Å². The van der Waals surface area contributed by atoms with E-state index in [1.54, 1.807) is 19.1 Å². The summed E-state index contributed by atoms with van der Waals surface area (Å²) < 4.78 is 5.80. The zero-order valence-electron chi connectivity index (χ0n) is 9.55. The van der Waals surface area contributed by atoms with Crippen LogP contribution in [0, 0.1) is 0 Å². The van der Waals surface area contributed by atoms with E-state index in [9.17, 15) is 4.79 Å². The Bertz CT molecular complexity index is 366. The van der Waals surface area contributed by atoms with Crippen LogP contribution in [0.2, 0.25) is 0 Å². The minimum atomic E-state index is -0.287. The predicted octanol–water partition coefficient (Wildman–Crippen LogP) is 3.45. The zero-order valence-corrected chi connectivity index (χ0v) is 11.1. The quantitative estimate of drug-likeness (QED) is 0.842. The third-order valence-electron chi connectivity index (χ3n) is 2.05. The van der Waals surface area contributed by atoms with E-state index in [4.69, 9.17) is 4.74 Å². The molecule has 0 aliphatic rings. The fourth-order valence-electron chi connectivity index (χ4n) is 1.26. The Morgan fingerprint density at radius 1 is 1.44 bits per heavy atom. The van der Waals surface area contributed by atoms with Gasteiger partial charge in [-0.1, -0.05) is 6.92 Å². The highest BCUT2D eigenvalue weighted by Crippen LogP contribution is 2.23. The second-order valence-electron chi connectivity index (χ2n) is 3.34. The van der Waals surface area contributed by atoms with Crippen molar-refractivity contribution in [3.8, 4) is 0 Å². The molecule has 0 amide bonds. The average molecular weight is 286 g/mol. The molecule has 1 aromatic rings. The van der Waals surface area contributed by atoms with Crippen molar-refractivity contribution in [3.63, 3.8) is 0 Å². The van der Waals surface area contributed by atoms with Crippen LogP contribution in [-0.2, 0) is 4.74 Å². The molecule has 1 N–H and O–H groups in total. The van der Waals surface area contributed by atoms with Crippen molar-refractivity contribution in [2.24, 2.45) is 0 Å². The van der Waals surface area contributed by atoms with Crippen molar-refractivity contribution in [1.29, 1.82) is 0 Å². The molecule has 0 unspecified atom stereocenters. The van der Waals surface area contributed by atoms with Crippen molar-refractivity contribution in [2.45, 2.75) is 20.3 Å². The molecule has 0 heterocycles. The van der Waals surface area contributed by atoms with E-state index in [0.717, 1.165) is 23.1 Å². The standard InChI is InChI=1S/C12H16BrNO2/c1-3-7-14-11-6-5-9(8-10(11)13)12(15)16-4-2/h5-6,8,14H,3-4,7H2,1-2H3. The highest BCUT2D eigenvalue weighted by molar-refractivity contribution is 9.10. The number of ether oxygens (including phenoxy) is 1. The number of hydrogen-bond acceptors (Lipinski definition) is 3. The molecule has 0 bridgehead atoms. The number of benzene rings is 1. The number of carbonyl (C=O) groups excluding carboxylic acids is 1. The molecule has 3 nitrogen and oxygen atoms in total. The van der Waals surface area contributed by atoms with E-state index in [1.165, 1.54) is 0 Å². The highest BCUT2D eigenvalue weighted by Gasteiger charge is 2.08. The maximum atomic E-state index is 11.5. The number of carbonyl (C=O) groups is 1. The van der Waals surface area contributed by atoms with Gasteiger partial charge in [0.25, 0.3) is 0 Å². The third-order valence-corrected chi connectivity index (χ3v) is 2.70. The summed E-state index contributed by atoms with van der Waals surface area (Å²) in [6.07, 6.45) is 1.06. The Hall–Kier alpha value is -1.03. The second kappa shape index (κ2) is 6.53. The molecule has 88 valence electrons. The summed E-state index contributed by atoms with van der Waals surface area (Å²) >= 11 is 3.43. The Morgan fingerprint density at radius 3 is 2.75 bits per heavy atom. The van der Waals surface area contributed by atoms with Gasteiger partial charge < -0.3 is 10.1 Å². The Kier molecular flexibility index (Phi) is 5.32. The number of anilines is 1. The lowest BCUT2D eigenvalue weighted by molar-refractivity contribution is 0.0526. The van der Waals surface area contributed by atoms with Gasteiger partial charge in [-0.05, 0) is 47.5 Å². The number of halogens is 1. The highest BCUT2D eigenvalue weighted by atomic mass is 79.9. The molecule has 0 saturated heterocycles. The molecule has 0 atom stereocenters. The van der Waals surface area contributed by atoms with Gasteiger partial charge in [0.2, 0.25) is 0 Å². The van der Waals surface area contributed by atoms with Crippen LogP contribution in [0.25, 0.3) is 0 Å². The molecule has 0 aliphatic heterocycles. The minimum absolute atomic E-state index is 0.287. The molecule has 16 heavy (non-hydrogen) atoms. The SMILES string of the molecule is CCCNc1ccc(C(=O)OCC)cc1Br. The molecule has 0 spiro atoms. The Morgan fingerprint density at radius 2 is 2.19 bits per heavy atom. The summed E-state index contributed by atoms with van der Waals surface area (Å²) in [6, 6.07) is 5.42. The summed E-state index contributed by atoms with van der Waals surface area (Å²) in [7, 11) is 0. The third kappa shape index (κ3) is 3.52. The van der Waals surface area contributed by atoms with Gasteiger partial charge in [-0.25, -0.2) is 4.79 Å². The smallest absolute Gasteiger partial charge is 0.338 e. The molecular weight excluding hydrogens is 270 g/mol. The van der Waals surface area contributed by atoms with E-state index in [0.29, 0.717) is 12.2 Å². The number of hydrogen-bond donors (Lipinski definition) is 1. The fourth-order valence-corrected chi connectivity index (χ4v) is 1.78. The van der Waals surface area contributed by atoms with Crippen LogP contribution < -0.4 is 5.32 Å². The monoisotopic (exact) mass is 285 g/mol. The normalized spacial score (nSPS) is 9.94. The largest absolute Gasteiger partial charge is 0.462 e. The number of nitrogens with one attached hydrogen (secondary N) is 1. The maximum Gasteiger partial charge on any atom is 0.338 e. The van der Waals surface area contributed by atoms with Gasteiger partial charge in [-0.2, -0.15) is 0 Å². The zero-order chi connectivity index (χ0) is 12.0. The van der Waals surface area contributed by atoms with E-state index in [-0.39, 0.29) is 5.97 Å². The van der Waals surface area contributed by atoms with Crippen LogP contribution in [-0.4, -0.2) is 19.1 Å². The Balaban J connectivity index is 2.78. The molecule has 4 heteroatoms. The second-order valence-corrected chi connectivity index (χ2v) is 4.20. The summed E-state index contributed by atoms with van der Waals surface area (Å²) in [5.41, 5.74) is 1.56. The number of rotatable bonds is 5. The lowest BCUT2D eigenvalue weighted by Gasteiger charge is -2.08. The molecular formula is C12H16BrNO2. The van der Waals surface area contributed by atoms with Crippen molar-refractivity contribution in [2.75, 3.05) is 18.5 Å². The summed E-state index contributed by atoms with van der Waals surface area (Å²) in [5, 5.41) is 3.26. The molecule has 1 aromatic carbocycles. The lowest BCUT2D eigenvalue weighted by atomic mass is 10.2. The summed E-state index contributed by atoms with van der Waals surface area (Å²) in [4.78, 5) is 11.5.